The number of aryl methyl sites for hydroxylation is 1. The van der Waals surface area contributed by atoms with Crippen molar-refractivity contribution in [1.29, 1.82) is 0 Å². The van der Waals surface area contributed by atoms with Crippen molar-refractivity contribution in [1.82, 2.24) is 19.5 Å². The van der Waals surface area contributed by atoms with Crippen LogP contribution in [0.4, 0.5) is 5.82 Å². The number of nitrogens with zero attached hydrogens (tertiary/aromatic N) is 4. The Hall–Kier alpha value is -1.16. The van der Waals surface area contributed by atoms with E-state index < -0.39 is 45.6 Å². The lowest BCUT2D eigenvalue weighted by molar-refractivity contribution is -0.0578. The minimum absolute atomic E-state index is 0.0852. The van der Waals surface area contributed by atoms with Crippen molar-refractivity contribution in [3.8, 4) is 0 Å². The summed E-state index contributed by atoms with van der Waals surface area (Å²) < 4.78 is 37.3. The van der Waals surface area contributed by atoms with Crippen LogP contribution >= 0.6 is 28.3 Å². The number of aliphatic hydroxyl groups is 2. The van der Waals surface area contributed by atoms with Crippen LogP contribution in [0.5, 0.6) is 0 Å². The third kappa shape index (κ3) is 4.78. The van der Waals surface area contributed by atoms with Crippen molar-refractivity contribution in [3.63, 3.8) is 0 Å². The van der Waals surface area contributed by atoms with Crippen LogP contribution in [0.15, 0.2) is 6.33 Å². The van der Waals surface area contributed by atoms with Gasteiger partial charge in [-0.05, 0) is 6.92 Å². The molecular formula is C11H17N5O10P2S. The first-order valence-corrected chi connectivity index (χ1v) is 11.3. The molecule has 0 bridgehead atoms. The number of hydrogen-bond donors (Lipinski definition) is 7. The summed E-state index contributed by atoms with van der Waals surface area (Å²) in [4.78, 5) is 38.8. The number of ether oxygens (including phenoxy) is 1. The Labute approximate surface area is 167 Å². The number of imidazole rings is 1. The number of phosphoric ester groups is 1. The van der Waals surface area contributed by atoms with E-state index in [1.165, 1.54) is 10.9 Å². The van der Waals surface area contributed by atoms with Gasteiger partial charge in [0, 0.05) is 0 Å². The summed E-state index contributed by atoms with van der Waals surface area (Å²) in [5.74, 6) is 0.398. The molecule has 0 aromatic carbocycles. The van der Waals surface area contributed by atoms with Gasteiger partial charge in [-0.2, -0.15) is 4.31 Å². The minimum atomic E-state index is -5.35. The lowest BCUT2D eigenvalue weighted by atomic mass is 10.1. The van der Waals surface area contributed by atoms with E-state index in [1.807, 2.05) is 0 Å². The van der Waals surface area contributed by atoms with Gasteiger partial charge in [-0.1, -0.05) is 0 Å². The van der Waals surface area contributed by atoms with Crippen molar-refractivity contribution >= 4 is 45.3 Å². The zero-order chi connectivity index (χ0) is 21.7. The maximum absolute atomic E-state index is 11.7. The van der Waals surface area contributed by atoms with Gasteiger partial charge in [-0.15, -0.1) is 12.6 Å². The predicted octanol–water partition coefficient (Wildman–Crippen LogP) is -1.18. The average Bonchev–Trinajstić information content (AvgIpc) is 3.07. The molecule has 3 heterocycles. The van der Waals surface area contributed by atoms with E-state index in [2.05, 4.69) is 36.4 Å². The molecule has 0 amide bonds. The van der Waals surface area contributed by atoms with Crippen molar-refractivity contribution in [2.75, 3.05) is 5.73 Å². The van der Waals surface area contributed by atoms with E-state index in [0.717, 1.165) is 0 Å². The predicted molar refractivity (Wildman–Crippen MR) is 97.2 cm³/mol. The lowest BCUT2D eigenvalue weighted by Crippen LogP contribution is -2.37. The fourth-order valence-electron chi connectivity index (χ4n) is 2.74. The Morgan fingerprint density at radius 3 is 2.55 bits per heavy atom. The van der Waals surface area contributed by atoms with E-state index in [9.17, 15) is 24.2 Å². The monoisotopic (exact) mass is 473 g/mol. The number of aliphatic hydroxyl groups excluding tert-OH is 2. The van der Waals surface area contributed by atoms with Crippen molar-refractivity contribution in [3.05, 3.63) is 12.2 Å². The molecule has 162 valence electrons. The van der Waals surface area contributed by atoms with E-state index in [-0.39, 0.29) is 17.0 Å². The number of anilines is 1. The molecule has 2 aromatic rings. The first-order chi connectivity index (χ1) is 13.3. The number of hydrogen-bond acceptors (Lipinski definition) is 12. The second-order valence-electron chi connectivity index (χ2n) is 5.99. The number of rotatable bonds is 6. The van der Waals surface area contributed by atoms with E-state index in [1.54, 1.807) is 6.92 Å². The Morgan fingerprint density at radius 1 is 1.28 bits per heavy atom. The first kappa shape index (κ1) is 22.5. The smallest absolute Gasteiger partial charge is 0.387 e. The van der Waals surface area contributed by atoms with Crippen LogP contribution in [-0.4, -0.2) is 68.2 Å². The summed E-state index contributed by atoms with van der Waals surface area (Å²) in [7, 11) is -10.6. The Balaban J connectivity index is 1.84. The highest BCUT2D eigenvalue weighted by atomic mass is 32.1. The summed E-state index contributed by atoms with van der Waals surface area (Å²) in [6, 6.07) is 0. The zero-order valence-electron chi connectivity index (χ0n) is 14.4. The molecule has 3 rings (SSSR count). The lowest BCUT2D eigenvalue weighted by Gasteiger charge is -2.23. The summed E-state index contributed by atoms with van der Waals surface area (Å²) in [5, 5.41) is 20.6. The summed E-state index contributed by atoms with van der Waals surface area (Å²) in [6.45, 7) is 1.58. The third-order valence-electron chi connectivity index (χ3n) is 3.84. The molecule has 29 heavy (non-hydrogen) atoms. The Morgan fingerprint density at radius 2 is 1.93 bits per heavy atom. The van der Waals surface area contributed by atoms with E-state index >= 15 is 0 Å². The zero-order valence-corrected chi connectivity index (χ0v) is 17.1. The standard InChI is InChI=1S/C11H17N5O10P2S/c1-3-14-8(12)4-9(15-3)16(2-13-4)10-6(18)5(17)7(24-10)11(29)25-28(22,23)26-27(19,20)21/h2,5-7,10-11,17-18,29H,1H3,(H,22,23)(H2,12,14,15)(H2,19,20,21)/t5-,6+,7-,10+,11?/m0/s1. The number of fused-ring (bicyclic) bond motifs is 1. The molecular weight excluding hydrogens is 456 g/mol. The third-order valence-corrected chi connectivity index (χ3v) is 6.58. The topological polar surface area (TPSA) is 233 Å². The largest absolute Gasteiger partial charge is 0.482 e. The van der Waals surface area contributed by atoms with Crippen LogP contribution in [0.2, 0.25) is 0 Å². The highest BCUT2D eigenvalue weighted by molar-refractivity contribution is 7.81. The summed E-state index contributed by atoms with van der Waals surface area (Å²) >= 11 is 3.86. The molecule has 0 aliphatic carbocycles. The van der Waals surface area contributed by atoms with Gasteiger partial charge in [-0.25, -0.2) is 24.1 Å². The first-order valence-electron chi connectivity index (χ1n) is 7.73. The molecule has 2 unspecified atom stereocenters. The van der Waals surface area contributed by atoms with Crippen molar-refractivity contribution < 1.29 is 47.6 Å². The van der Waals surface area contributed by atoms with Crippen LogP contribution in [0.25, 0.3) is 11.2 Å². The number of nitrogen functional groups attached to an aromatic ring is 1. The number of thiol groups is 1. The fourth-order valence-corrected chi connectivity index (χ4v) is 4.97. The van der Waals surface area contributed by atoms with Gasteiger partial charge in [0.1, 0.15) is 35.1 Å². The van der Waals surface area contributed by atoms with E-state index in [4.69, 9.17) is 20.3 Å². The molecule has 1 aliphatic rings. The molecule has 7 N–H and O–H groups in total. The van der Waals surface area contributed by atoms with Crippen LogP contribution in [0.1, 0.15) is 12.1 Å². The van der Waals surface area contributed by atoms with Crippen molar-refractivity contribution in [2.24, 2.45) is 0 Å². The number of aromatic nitrogens is 4. The minimum Gasteiger partial charge on any atom is -0.387 e. The SMILES string of the molecule is Cc1nc(N)c2ncn([C@@H]3O[C@H](C(S)OP(=O)(O)OP(=O)(O)O)[C@@H](O)[C@H]3O)c2n1. The van der Waals surface area contributed by atoms with E-state index in [0.29, 0.717) is 5.82 Å². The highest BCUT2D eigenvalue weighted by Crippen LogP contribution is 2.59. The second kappa shape index (κ2) is 7.83. The van der Waals surface area contributed by atoms with Gasteiger partial charge in [0.2, 0.25) is 0 Å². The Bertz CT molecular complexity index is 1020. The van der Waals surface area contributed by atoms with Crippen LogP contribution in [0.3, 0.4) is 0 Å². The molecule has 6 atom stereocenters. The fraction of sp³-hybridized carbons (Fsp3) is 0.545. The maximum Gasteiger partial charge on any atom is 0.482 e. The molecule has 15 nitrogen and oxygen atoms in total. The molecule has 2 aromatic heterocycles. The Kier molecular flexibility index (Phi) is 6.08. The van der Waals surface area contributed by atoms with Gasteiger partial charge in [0.25, 0.3) is 0 Å². The molecule has 1 fully saturated rings. The molecule has 0 radical (unpaired) electrons. The number of nitrogens with two attached hydrogens (primary N) is 1. The molecule has 18 heteroatoms. The molecule has 1 saturated heterocycles. The van der Waals surface area contributed by atoms with Gasteiger partial charge in [0.15, 0.2) is 17.7 Å². The summed E-state index contributed by atoms with van der Waals surface area (Å²) in [5.41, 5.74) is 4.47. The van der Waals surface area contributed by atoms with Gasteiger partial charge in [0.05, 0.1) is 6.33 Å². The van der Waals surface area contributed by atoms with Gasteiger partial charge >= 0.3 is 15.6 Å². The van der Waals surface area contributed by atoms with Crippen LogP contribution in [0, 0.1) is 6.92 Å². The highest BCUT2D eigenvalue weighted by Gasteiger charge is 2.49. The average molecular weight is 473 g/mol. The maximum atomic E-state index is 11.7. The van der Waals surface area contributed by atoms with Gasteiger partial charge < -0.3 is 35.4 Å². The van der Waals surface area contributed by atoms with Crippen LogP contribution in [-0.2, 0) is 22.7 Å². The second-order valence-corrected chi connectivity index (χ2v) is 9.28. The number of phosphoric acid groups is 2. The normalized spacial score (nSPS) is 28.5. The molecule has 0 saturated carbocycles. The van der Waals surface area contributed by atoms with Gasteiger partial charge in [-0.3, -0.25) is 9.09 Å². The summed E-state index contributed by atoms with van der Waals surface area (Å²) in [6.07, 6.45) is -4.78. The molecule has 1 aliphatic heterocycles. The van der Waals surface area contributed by atoms with Crippen molar-refractivity contribution in [2.45, 2.75) is 36.9 Å². The molecule has 0 spiro atoms. The quantitative estimate of drug-likeness (QED) is 0.149. The van der Waals surface area contributed by atoms with Crippen LogP contribution < -0.4 is 5.73 Å².